The van der Waals surface area contributed by atoms with Gasteiger partial charge in [0.05, 0.1) is 0 Å². The third-order valence-electron chi connectivity index (χ3n) is 2.33. The van der Waals surface area contributed by atoms with Gasteiger partial charge in [-0.05, 0) is 38.4 Å². The molecule has 6 heteroatoms. The molecule has 0 aromatic carbocycles. The summed E-state index contributed by atoms with van der Waals surface area (Å²) in [4.78, 5) is 9.91. The number of rotatable bonds is 3. The molecular weight excluding hydrogens is 252 g/mol. The molecule has 0 spiro atoms. The molecule has 0 fully saturated rings. The number of hydrogen-bond acceptors (Lipinski definition) is 6. The minimum Gasteiger partial charge on any atom is -0.326 e. The van der Waals surface area contributed by atoms with Gasteiger partial charge in [-0.1, -0.05) is 11.8 Å². The fraction of sp³-hybridized carbons (Fsp3) is 0.364. The van der Waals surface area contributed by atoms with Gasteiger partial charge in [0.2, 0.25) is 0 Å². The molecule has 17 heavy (non-hydrogen) atoms. The molecule has 0 atom stereocenters. The van der Waals surface area contributed by atoms with Crippen molar-refractivity contribution in [1.29, 1.82) is 0 Å². The molecule has 0 amide bonds. The van der Waals surface area contributed by atoms with Crippen LogP contribution in [0.1, 0.15) is 22.8 Å². The standard InChI is InChI=1S/C11H14N4S2/c1-6-4-10(9(5-12)7(2)13-6)16-11-14-8(3)15-17-11/h4H,5,12H2,1-3H3. The lowest BCUT2D eigenvalue weighted by atomic mass is 10.2. The van der Waals surface area contributed by atoms with Crippen LogP contribution in [-0.2, 0) is 6.54 Å². The Kier molecular flexibility index (Phi) is 3.76. The van der Waals surface area contributed by atoms with Crippen molar-refractivity contribution >= 4 is 23.3 Å². The Balaban J connectivity index is 2.37. The fourth-order valence-electron chi connectivity index (χ4n) is 1.57. The Morgan fingerprint density at radius 3 is 2.65 bits per heavy atom. The van der Waals surface area contributed by atoms with Gasteiger partial charge >= 0.3 is 0 Å². The Morgan fingerprint density at radius 2 is 2.06 bits per heavy atom. The maximum Gasteiger partial charge on any atom is 0.174 e. The molecule has 0 saturated heterocycles. The van der Waals surface area contributed by atoms with Crippen LogP contribution < -0.4 is 5.73 Å². The van der Waals surface area contributed by atoms with E-state index in [-0.39, 0.29) is 0 Å². The number of nitrogens with two attached hydrogens (primary N) is 1. The van der Waals surface area contributed by atoms with E-state index in [4.69, 9.17) is 5.73 Å². The second kappa shape index (κ2) is 5.12. The third kappa shape index (κ3) is 2.83. The first-order valence-corrected chi connectivity index (χ1v) is 6.84. The maximum atomic E-state index is 5.77. The van der Waals surface area contributed by atoms with Crippen LogP contribution in [0, 0.1) is 20.8 Å². The number of aromatic nitrogens is 3. The molecule has 2 aromatic rings. The van der Waals surface area contributed by atoms with Gasteiger partial charge in [-0.3, -0.25) is 4.98 Å². The molecule has 2 aromatic heterocycles. The molecule has 0 aliphatic heterocycles. The van der Waals surface area contributed by atoms with Gasteiger partial charge in [0.25, 0.3) is 0 Å². The smallest absolute Gasteiger partial charge is 0.174 e. The lowest BCUT2D eigenvalue weighted by Crippen LogP contribution is -2.04. The predicted octanol–water partition coefficient (Wildman–Crippen LogP) is 2.47. The molecule has 0 unspecified atom stereocenters. The molecule has 0 aliphatic carbocycles. The summed E-state index contributed by atoms with van der Waals surface area (Å²) in [7, 11) is 0. The molecule has 2 rings (SSSR count). The van der Waals surface area contributed by atoms with Gasteiger partial charge in [0.1, 0.15) is 5.82 Å². The summed E-state index contributed by atoms with van der Waals surface area (Å²) in [5.74, 6) is 0.814. The van der Waals surface area contributed by atoms with Gasteiger partial charge in [-0.25, -0.2) is 4.98 Å². The lowest BCUT2D eigenvalue weighted by Gasteiger charge is -2.09. The zero-order valence-electron chi connectivity index (χ0n) is 10.0. The number of aryl methyl sites for hydroxylation is 3. The summed E-state index contributed by atoms with van der Waals surface area (Å²) < 4.78 is 5.12. The highest BCUT2D eigenvalue weighted by atomic mass is 32.2. The first-order chi connectivity index (χ1) is 8.10. The maximum absolute atomic E-state index is 5.77. The number of hydrogen-bond donors (Lipinski definition) is 1. The summed E-state index contributed by atoms with van der Waals surface area (Å²) >= 11 is 3.03. The topological polar surface area (TPSA) is 64.7 Å². The third-order valence-corrected chi connectivity index (χ3v) is 4.26. The van der Waals surface area contributed by atoms with Gasteiger partial charge in [-0.15, -0.1) is 0 Å². The number of nitrogens with zero attached hydrogens (tertiary/aromatic N) is 3. The SMILES string of the molecule is Cc1cc(Sc2nc(C)ns2)c(CN)c(C)n1. The fourth-order valence-corrected chi connectivity index (χ4v) is 3.48. The summed E-state index contributed by atoms with van der Waals surface area (Å²) in [5.41, 5.74) is 8.87. The minimum atomic E-state index is 0.499. The average Bonchev–Trinajstić information content (AvgIpc) is 2.63. The van der Waals surface area contributed by atoms with E-state index in [2.05, 4.69) is 20.4 Å². The van der Waals surface area contributed by atoms with E-state index in [0.29, 0.717) is 6.54 Å². The van der Waals surface area contributed by atoms with Crippen LogP contribution in [0.25, 0.3) is 0 Å². The molecule has 4 nitrogen and oxygen atoms in total. The van der Waals surface area contributed by atoms with E-state index in [1.807, 2.05) is 20.8 Å². The van der Waals surface area contributed by atoms with Crippen molar-refractivity contribution in [3.8, 4) is 0 Å². The summed E-state index contributed by atoms with van der Waals surface area (Å²) in [5, 5.41) is 0. The zero-order chi connectivity index (χ0) is 12.4. The van der Waals surface area contributed by atoms with E-state index in [9.17, 15) is 0 Å². The monoisotopic (exact) mass is 266 g/mol. The second-order valence-electron chi connectivity index (χ2n) is 3.74. The molecule has 2 N–H and O–H groups in total. The van der Waals surface area contributed by atoms with Crippen LogP contribution in [0.4, 0.5) is 0 Å². The quantitative estimate of drug-likeness (QED) is 0.924. The van der Waals surface area contributed by atoms with Crippen molar-refractivity contribution in [3.63, 3.8) is 0 Å². The molecule has 2 heterocycles. The van der Waals surface area contributed by atoms with Crippen LogP contribution in [0.5, 0.6) is 0 Å². The van der Waals surface area contributed by atoms with Gasteiger partial charge in [0.15, 0.2) is 4.34 Å². The second-order valence-corrected chi connectivity index (χ2v) is 5.78. The molecule has 0 aliphatic rings. The predicted molar refractivity (Wildman–Crippen MR) is 70.4 cm³/mol. The Labute approximate surface area is 109 Å². The Bertz CT molecular complexity index is 536. The molecular formula is C11H14N4S2. The van der Waals surface area contributed by atoms with Crippen LogP contribution in [-0.4, -0.2) is 14.3 Å². The first-order valence-electron chi connectivity index (χ1n) is 5.25. The molecule has 0 radical (unpaired) electrons. The highest BCUT2D eigenvalue weighted by molar-refractivity contribution is 8.01. The van der Waals surface area contributed by atoms with Crippen LogP contribution >= 0.6 is 23.3 Å². The zero-order valence-corrected chi connectivity index (χ0v) is 11.7. The summed E-state index contributed by atoms with van der Waals surface area (Å²) in [6.45, 7) is 6.37. The Morgan fingerprint density at radius 1 is 1.29 bits per heavy atom. The normalized spacial score (nSPS) is 10.8. The molecule has 0 bridgehead atoms. The average molecular weight is 266 g/mol. The van der Waals surface area contributed by atoms with Crippen molar-refractivity contribution in [2.75, 3.05) is 0 Å². The Hall–Kier alpha value is -0.980. The van der Waals surface area contributed by atoms with E-state index >= 15 is 0 Å². The van der Waals surface area contributed by atoms with Gasteiger partial charge in [0, 0.05) is 28.4 Å². The first kappa shape index (κ1) is 12.5. The van der Waals surface area contributed by atoms with E-state index in [0.717, 1.165) is 32.0 Å². The van der Waals surface area contributed by atoms with Crippen LogP contribution in [0.15, 0.2) is 15.3 Å². The van der Waals surface area contributed by atoms with E-state index in [1.54, 1.807) is 11.8 Å². The largest absolute Gasteiger partial charge is 0.326 e. The van der Waals surface area contributed by atoms with E-state index in [1.165, 1.54) is 11.5 Å². The van der Waals surface area contributed by atoms with E-state index < -0.39 is 0 Å². The van der Waals surface area contributed by atoms with Gasteiger partial charge < -0.3 is 5.73 Å². The highest BCUT2D eigenvalue weighted by Crippen LogP contribution is 2.32. The van der Waals surface area contributed by atoms with Gasteiger partial charge in [-0.2, -0.15) is 4.37 Å². The highest BCUT2D eigenvalue weighted by Gasteiger charge is 2.10. The lowest BCUT2D eigenvalue weighted by molar-refractivity contribution is 0.944. The minimum absolute atomic E-state index is 0.499. The van der Waals surface area contributed by atoms with Crippen LogP contribution in [0.2, 0.25) is 0 Å². The van der Waals surface area contributed by atoms with Crippen molar-refractivity contribution in [2.45, 2.75) is 36.6 Å². The van der Waals surface area contributed by atoms with Crippen molar-refractivity contribution in [2.24, 2.45) is 5.73 Å². The van der Waals surface area contributed by atoms with Crippen molar-refractivity contribution in [3.05, 3.63) is 28.8 Å². The summed E-state index contributed by atoms with van der Waals surface area (Å²) in [6.07, 6.45) is 0. The van der Waals surface area contributed by atoms with Crippen molar-refractivity contribution < 1.29 is 0 Å². The molecule has 90 valence electrons. The molecule has 0 saturated carbocycles. The van der Waals surface area contributed by atoms with Crippen LogP contribution in [0.3, 0.4) is 0 Å². The van der Waals surface area contributed by atoms with Crippen molar-refractivity contribution in [1.82, 2.24) is 14.3 Å². The number of pyridine rings is 1. The summed E-state index contributed by atoms with van der Waals surface area (Å²) in [6, 6.07) is 2.05.